The lowest BCUT2D eigenvalue weighted by Gasteiger charge is -2.18. The van der Waals surface area contributed by atoms with Gasteiger partial charge in [0.2, 0.25) is 0 Å². The first-order chi connectivity index (χ1) is 11.6. The van der Waals surface area contributed by atoms with Crippen molar-refractivity contribution >= 4 is 32.3 Å². The van der Waals surface area contributed by atoms with Gasteiger partial charge in [-0.1, -0.05) is 54.6 Å². The van der Waals surface area contributed by atoms with Crippen LogP contribution < -0.4 is 9.80 Å². The predicted molar refractivity (Wildman–Crippen MR) is 103 cm³/mol. The van der Waals surface area contributed by atoms with Gasteiger partial charge in [-0.25, -0.2) is 0 Å². The molecule has 4 aromatic carbocycles. The van der Waals surface area contributed by atoms with Gasteiger partial charge >= 0.3 is 0 Å². The lowest BCUT2D eigenvalue weighted by atomic mass is 9.92. The first-order valence-corrected chi connectivity index (χ1v) is 8.89. The number of hydrogen-bond donors (Lipinski definition) is 2. The van der Waals surface area contributed by atoms with E-state index < -0.39 is 0 Å². The molecule has 1 atom stereocenters. The topological polar surface area (TPSA) is 8.88 Å². The molecule has 0 aliphatic heterocycles. The van der Waals surface area contributed by atoms with E-state index >= 15 is 0 Å². The van der Waals surface area contributed by atoms with Gasteiger partial charge in [-0.2, -0.15) is 0 Å². The maximum Gasteiger partial charge on any atom is 0.127 e. The Bertz CT molecular complexity index is 971. The summed E-state index contributed by atoms with van der Waals surface area (Å²) < 4.78 is 0. The smallest absolute Gasteiger partial charge is 0.127 e. The van der Waals surface area contributed by atoms with Crippen LogP contribution in [0.2, 0.25) is 0 Å². The molecular formula is C22H26N2+2. The van der Waals surface area contributed by atoms with Crippen LogP contribution in [-0.4, -0.2) is 34.2 Å². The van der Waals surface area contributed by atoms with Gasteiger partial charge in [0, 0.05) is 5.56 Å². The van der Waals surface area contributed by atoms with Crippen molar-refractivity contribution in [2.45, 2.75) is 6.54 Å². The van der Waals surface area contributed by atoms with Crippen LogP contribution in [0.5, 0.6) is 0 Å². The average Bonchev–Trinajstić information content (AvgIpc) is 2.59. The Morgan fingerprint density at radius 1 is 0.667 bits per heavy atom. The highest BCUT2D eigenvalue weighted by Crippen LogP contribution is 2.35. The van der Waals surface area contributed by atoms with Crippen LogP contribution in [0, 0.1) is 0 Å². The zero-order valence-corrected chi connectivity index (χ0v) is 14.8. The molecule has 0 fully saturated rings. The third-order valence-corrected chi connectivity index (χ3v) is 5.16. The highest BCUT2D eigenvalue weighted by Gasteiger charge is 2.13. The molecule has 0 saturated carbocycles. The van der Waals surface area contributed by atoms with Gasteiger partial charge in [0.15, 0.2) is 0 Å². The first-order valence-electron chi connectivity index (χ1n) is 8.89. The van der Waals surface area contributed by atoms with E-state index in [1.54, 1.807) is 4.90 Å². The molecule has 0 radical (unpaired) electrons. The van der Waals surface area contributed by atoms with Crippen molar-refractivity contribution in [2.24, 2.45) is 0 Å². The fraction of sp³-hybridized carbons (Fsp3) is 0.273. The molecule has 2 heteroatoms. The molecule has 0 aromatic heterocycles. The van der Waals surface area contributed by atoms with Crippen molar-refractivity contribution in [3.63, 3.8) is 0 Å². The number of likely N-dealkylation sites (N-methyl/N-ethyl adjacent to an activating group) is 2. The van der Waals surface area contributed by atoms with Crippen molar-refractivity contribution in [3.8, 4) is 0 Å². The van der Waals surface area contributed by atoms with Crippen LogP contribution in [-0.2, 0) is 6.54 Å². The Balaban J connectivity index is 1.82. The monoisotopic (exact) mass is 318 g/mol. The summed E-state index contributed by atoms with van der Waals surface area (Å²) in [7, 11) is 6.76. The summed E-state index contributed by atoms with van der Waals surface area (Å²) in [5, 5.41) is 8.33. The highest BCUT2D eigenvalue weighted by atomic mass is 15.1. The second-order valence-electron chi connectivity index (χ2n) is 7.42. The van der Waals surface area contributed by atoms with E-state index in [9.17, 15) is 0 Å². The standard InChI is InChI=1S/C22H24N2/c1-23(2)13-14-24(3)15-19-10-9-18-8-7-16-5-4-6-17-11-12-20(19)22(18)21(16)17/h4-12H,13-15H2,1-3H3/p+2. The number of quaternary nitrogens is 2. The van der Waals surface area contributed by atoms with E-state index in [1.165, 1.54) is 55.9 Å². The first kappa shape index (κ1) is 15.4. The predicted octanol–water partition coefficient (Wildman–Crippen LogP) is 1.74. The maximum absolute atomic E-state index is 2.33. The lowest BCUT2D eigenvalue weighted by Crippen LogP contribution is -3.15. The minimum Gasteiger partial charge on any atom is -0.335 e. The Morgan fingerprint density at radius 2 is 1.29 bits per heavy atom. The molecule has 2 N–H and O–H groups in total. The van der Waals surface area contributed by atoms with E-state index in [4.69, 9.17) is 0 Å². The molecule has 4 aromatic rings. The molecule has 4 rings (SSSR count). The van der Waals surface area contributed by atoms with Gasteiger partial charge < -0.3 is 9.80 Å². The van der Waals surface area contributed by atoms with Crippen molar-refractivity contribution < 1.29 is 9.80 Å². The zero-order chi connectivity index (χ0) is 16.7. The number of hydrogen-bond acceptors (Lipinski definition) is 0. The third kappa shape index (κ3) is 2.62. The van der Waals surface area contributed by atoms with Crippen molar-refractivity contribution in [1.29, 1.82) is 0 Å². The lowest BCUT2D eigenvalue weighted by molar-refractivity contribution is -0.937. The summed E-state index contributed by atoms with van der Waals surface area (Å²) in [6.45, 7) is 3.49. The Labute approximate surface area is 143 Å². The van der Waals surface area contributed by atoms with E-state index in [2.05, 4.69) is 75.7 Å². The van der Waals surface area contributed by atoms with E-state index in [0.29, 0.717) is 0 Å². The van der Waals surface area contributed by atoms with E-state index in [-0.39, 0.29) is 0 Å². The minimum atomic E-state index is 1.08. The van der Waals surface area contributed by atoms with Gasteiger partial charge in [-0.3, -0.25) is 0 Å². The highest BCUT2D eigenvalue weighted by molar-refractivity contribution is 6.23. The van der Waals surface area contributed by atoms with Crippen LogP contribution in [0.15, 0.2) is 54.6 Å². The van der Waals surface area contributed by atoms with Gasteiger partial charge in [-0.15, -0.1) is 0 Å². The summed E-state index contributed by atoms with van der Waals surface area (Å²) in [5.74, 6) is 0. The third-order valence-electron chi connectivity index (χ3n) is 5.16. The minimum absolute atomic E-state index is 1.08. The molecule has 0 bridgehead atoms. The van der Waals surface area contributed by atoms with Crippen LogP contribution in [0.3, 0.4) is 0 Å². The van der Waals surface area contributed by atoms with Gasteiger partial charge in [0.25, 0.3) is 0 Å². The summed E-state index contributed by atoms with van der Waals surface area (Å²) in [4.78, 5) is 3.09. The summed E-state index contributed by atoms with van der Waals surface area (Å²) in [6.07, 6.45) is 0. The Kier molecular flexibility index (Phi) is 3.87. The van der Waals surface area contributed by atoms with Crippen molar-refractivity contribution in [1.82, 2.24) is 0 Å². The quantitative estimate of drug-likeness (QED) is 0.519. The number of benzene rings is 4. The normalized spacial score (nSPS) is 13.5. The SMILES string of the molecule is C[NH+](C)CC[NH+](C)Cc1ccc2ccc3cccc4ccc1c2c34. The molecule has 24 heavy (non-hydrogen) atoms. The fourth-order valence-corrected chi connectivity index (χ4v) is 3.83. The van der Waals surface area contributed by atoms with Gasteiger partial charge in [0.05, 0.1) is 21.1 Å². The van der Waals surface area contributed by atoms with Crippen LogP contribution in [0.1, 0.15) is 5.56 Å². The van der Waals surface area contributed by atoms with Gasteiger partial charge in [0.1, 0.15) is 19.6 Å². The van der Waals surface area contributed by atoms with Crippen molar-refractivity contribution in [3.05, 3.63) is 60.2 Å². The Hall–Kier alpha value is -2.16. The molecule has 2 nitrogen and oxygen atoms in total. The summed E-state index contributed by atoms with van der Waals surface area (Å²) in [5.41, 5.74) is 1.46. The van der Waals surface area contributed by atoms with E-state index in [0.717, 1.165) is 6.54 Å². The molecule has 122 valence electrons. The summed E-state index contributed by atoms with van der Waals surface area (Å²) in [6, 6.07) is 20.4. The largest absolute Gasteiger partial charge is 0.335 e. The molecule has 0 aliphatic rings. The Morgan fingerprint density at radius 3 is 2.00 bits per heavy atom. The molecule has 0 spiro atoms. The second-order valence-corrected chi connectivity index (χ2v) is 7.42. The second kappa shape index (κ2) is 6.04. The van der Waals surface area contributed by atoms with Crippen LogP contribution in [0.4, 0.5) is 0 Å². The summed E-state index contributed by atoms with van der Waals surface area (Å²) >= 11 is 0. The van der Waals surface area contributed by atoms with Crippen LogP contribution >= 0.6 is 0 Å². The molecular weight excluding hydrogens is 292 g/mol. The number of rotatable bonds is 5. The average molecular weight is 318 g/mol. The van der Waals surface area contributed by atoms with Crippen molar-refractivity contribution in [2.75, 3.05) is 34.2 Å². The molecule has 1 unspecified atom stereocenters. The molecule has 0 amide bonds. The van der Waals surface area contributed by atoms with Gasteiger partial charge in [-0.05, 0) is 32.3 Å². The molecule has 0 saturated heterocycles. The van der Waals surface area contributed by atoms with E-state index in [1.807, 2.05) is 0 Å². The fourth-order valence-electron chi connectivity index (χ4n) is 3.83. The number of nitrogens with one attached hydrogen (secondary N) is 2. The zero-order valence-electron chi connectivity index (χ0n) is 14.8. The maximum atomic E-state index is 2.33. The van der Waals surface area contributed by atoms with Crippen LogP contribution in [0.25, 0.3) is 32.3 Å². The molecule has 0 heterocycles. The molecule has 0 aliphatic carbocycles.